The number of nitrogens with one attached hydrogen (secondary N) is 1. The average molecular weight is 305 g/mol. The standard InChI is InChI=1S/C14H15N3O3S/c1-11-9-13(17-20-11)10-16-21(18,19)14-6-4-12(5-7-14)3-2-8-15/h4-7,9,16H,8,10,15H2,1H3. The summed E-state index contributed by atoms with van der Waals surface area (Å²) < 4.78 is 31.6. The van der Waals surface area contributed by atoms with Gasteiger partial charge in [-0.05, 0) is 31.2 Å². The Morgan fingerprint density at radius 3 is 2.62 bits per heavy atom. The number of rotatable bonds is 4. The Hall–Kier alpha value is -2.14. The molecule has 1 heterocycles. The van der Waals surface area contributed by atoms with Crippen LogP contribution in [0.4, 0.5) is 0 Å². The van der Waals surface area contributed by atoms with Gasteiger partial charge in [-0.25, -0.2) is 13.1 Å². The topological polar surface area (TPSA) is 98.2 Å². The minimum atomic E-state index is -3.59. The van der Waals surface area contributed by atoms with Crippen molar-refractivity contribution >= 4 is 10.0 Å². The van der Waals surface area contributed by atoms with Crippen molar-refractivity contribution in [1.82, 2.24) is 9.88 Å². The van der Waals surface area contributed by atoms with Crippen molar-refractivity contribution in [3.63, 3.8) is 0 Å². The van der Waals surface area contributed by atoms with E-state index in [1.165, 1.54) is 12.1 Å². The Labute approximate surface area is 123 Å². The predicted molar refractivity (Wildman–Crippen MR) is 77.6 cm³/mol. The first-order valence-electron chi connectivity index (χ1n) is 6.22. The first-order valence-corrected chi connectivity index (χ1v) is 7.70. The largest absolute Gasteiger partial charge is 0.361 e. The van der Waals surface area contributed by atoms with Crippen molar-refractivity contribution < 1.29 is 12.9 Å². The van der Waals surface area contributed by atoms with Crippen LogP contribution in [0.3, 0.4) is 0 Å². The van der Waals surface area contributed by atoms with E-state index in [-0.39, 0.29) is 18.0 Å². The third-order valence-electron chi connectivity index (χ3n) is 2.62. The van der Waals surface area contributed by atoms with E-state index in [1.807, 2.05) is 0 Å². The summed E-state index contributed by atoms with van der Waals surface area (Å²) in [4.78, 5) is 0.168. The molecule has 0 aliphatic carbocycles. The Morgan fingerprint density at radius 1 is 1.33 bits per heavy atom. The van der Waals surface area contributed by atoms with Gasteiger partial charge in [0.15, 0.2) is 0 Å². The molecule has 0 radical (unpaired) electrons. The lowest BCUT2D eigenvalue weighted by Gasteiger charge is -2.05. The van der Waals surface area contributed by atoms with Crippen LogP contribution in [0.1, 0.15) is 17.0 Å². The zero-order valence-electron chi connectivity index (χ0n) is 11.5. The summed E-state index contributed by atoms with van der Waals surface area (Å²) in [6.45, 7) is 2.08. The number of benzene rings is 1. The van der Waals surface area contributed by atoms with Crippen LogP contribution in [0.15, 0.2) is 39.8 Å². The van der Waals surface area contributed by atoms with Crippen LogP contribution in [0.5, 0.6) is 0 Å². The van der Waals surface area contributed by atoms with Gasteiger partial charge in [0.1, 0.15) is 5.76 Å². The van der Waals surface area contributed by atoms with Gasteiger partial charge >= 0.3 is 0 Å². The minimum Gasteiger partial charge on any atom is -0.361 e. The summed E-state index contributed by atoms with van der Waals surface area (Å²) in [7, 11) is -3.59. The summed E-state index contributed by atoms with van der Waals surface area (Å²) in [5, 5.41) is 3.73. The molecule has 0 spiro atoms. The third kappa shape index (κ3) is 4.16. The number of aromatic nitrogens is 1. The second-order valence-electron chi connectivity index (χ2n) is 4.28. The average Bonchev–Trinajstić information content (AvgIpc) is 2.89. The number of hydrogen-bond donors (Lipinski definition) is 2. The van der Waals surface area contributed by atoms with E-state index in [0.29, 0.717) is 17.0 Å². The monoisotopic (exact) mass is 305 g/mol. The molecule has 1 aromatic heterocycles. The van der Waals surface area contributed by atoms with Gasteiger partial charge in [-0.3, -0.25) is 0 Å². The Balaban J connectivity index is 2.08. The maximum atomic E-state index is 12.1. The summed E-state index contributed by atoms with van der Waals surface area (Å²) in [6.07, 6.45) is 0. The van der Waals surface area contributed by atoms with Crippen molar-refractivity contribution in [3.8, 4) is 11.8 Å². The molecule has 0 fully saturated rings. The molecule has 0 atom stereocenters. The molecule has 0 saturated carbocycles. The zero-order valence-corrected chi connectivity index (χ0v) is 12.3. The number of nitrogens with zero attached hydrogens (tertiary/aromatic N) is 1. The van der Waals surface area contributed by atoms with Crippen LogP contribution in [0.2, 0.25) is 0 Å². The van der Waals surface area contributed by atoms with Gasteiger partial charge in [-0.15, -0.1) is 0 Å². The molecule has 2 rings (SSSR count). The van der Waals surface area contributed by atoms with Gasteiger partial charge in [-0.2, -0.15) is 0 Å². The summed E-state index contributed by atoms with van der Waals surface area (Å²) in [5.41, 5.74) is 6.52. The highest BCUT2D eigenvalue weighted by Gasteiger charge is 2.14. The molecular weight excluding hydrogens is 290 g/mol. The summed E-state index contributed by atoms with van der Waals surface area (Å²) >= 11 is 0. The molecular formula is C14H15N3O3S. The Bertz CT molecular complexity index is 768. The highest BCUT2D eigenvalue weighted by atomic mass is 32.2. The van der Waals surface area contributed by atoms with Crippen molar-refractivity contribution in [2.45, 2.75) is 18.4 Å². The van der Waals surface area contributed by atoms with Gasteiger partial charge in [0.05, 0.1) is 23.7 Å². The van der Waals surface area contributed by atoms with Gasteiger partial charge in [0.25, 0.3) is 0 Å². The van der Waals surface area contributed by atoms with Gasteiger partial charge in [-0.1, -0.05) is 17.0 Å². The first-order chi connectivity index (χ1) is 10.0. The summed E-state index contributed by atoms with van der Waals surface area (Å²) in [6, 6.07) is 7.94. The van der Waals surface area contributed by atoms with E-state index in [0.717, 1.165) is 0 Å². The van der Waals surface area contributed by atoms with Gasteiger partial charge in [0.2, 0.25) is 10.0 Å². The molecule has 0 amide bonds. The molecule has 2 aromatic rings. The quantitative estimate of drug-likeness (QED) is 0.813. The van der Waals surface area contributed by atoms with E-state index in [2.05, 4.69) is 21.7 Å². The molecule has 21 heavy (non-hydrogen) atoms. The number of sulfonamides is 1. The molecule has 0 unspecified atom stereocenters. The second kappa shape index (κ2) is 6.54. The van der Waals surface area contributed by atoms with E-state index >= 15 is 0 Å². The Morgan fingerprint density at radius 2 is 2.05 bits per heavy atom. The lowest BCUT2D eigenvalue weighted by molar-refractivity contribution is 0.390. The van der Waals surface area contributed by atoms with Gasteiger partial charge < -0.3 is 10.3 Å². The minimum absolute atomic E-state index is 0.0778. The lowest BCUT2D eigenvalue weighted by Crippen LogP contribution is -2.23. The molecule has 0 saturated heterocycles. The molecule has 0 aliphatic rings. The smallest absolute Gasteiger partial charge is 0.240 e. The molecule has 1 aromatic carbocycles. The molecule has 0 aliphatic heterocycles. The van der Waals surface area contributed by atoms with Crippen molar-refractivity contribution in [2.24, 2.45) is 5.73 Å². The molecule has 3 N–H and O–H groups in total. The highest BCUT2D eigenvalue weighted by molar-refractivity contribution is 7.89. The lowest BCUT2D eigenvalue weighted by atomic mass is 10.2. The van der Waals surface area contributed by atoms with Crippen LogP contribution >= 0.6 is 0 Å². The fraction of sp³-hybridized carbons (Fsp3) is 0.214. The fourth-order valence-corrected chi connectivity index (χ4v) is 2.62. The fourth-order valence-electron chi connectivity index (χ4n) is 1.62. The highest BCUT2D eigenvalue weighted by Crippen LogP contribution is 2.11. The van der Waals surface area contributed by atoms with Crippen LogP contribution in [-0.2, 0) is 16.6 Å². The van der Waals surface area contributed by atoms with Crippen molar-refractivity contribution in [2.75, 3.05) is 6.54 Å². The first kappa shape index (κ1) is 15.3. The zero-order chi connectivity index (χ0) is 15.3. The summed E-state index contributed by atoms with van der Waals surface area (Å²) in [5.74, 6) is 6.17. The van der Waals surface area contributed by atoms with E-state index < -0.39 is 10.0 Å². The predicted octanol–water partition coefficient (Wildman–Crippen LogP) is 0.772. The molecule has 6 nitrogen and oxygen atoms in total. The van der Waals surface area contributed by atoms with Gasteiger partial charge in [0, 0.05) is 11.6 Å². The maximum Gasteiger partial charge on any atom is 0.240 e. The molecule has 0 bridgehead atoms. The molecule has 7 heteroatoms. The van der Waals surface area contributed by atoms with Crippen molar-refractivity contribution in [1.29, 1.82) is 0 Å². The van der Waals surface area contributed by atoms with Crippen LogP contribution in [0.25, 0.3) is 0 Å². The van der Waals surface area contributed by atoms with Crippen LogP contribution in [-0.4, -0.2) is 20.1 Å². The molecule has 110 valence electrons. The third-order valence-corrected chi connectivity index (χ3v) is 4.04. The normalized spacial score (nSPS) is 11.0. The van der Waals surface area contributed by atoms with E-state index in [4.69, 9.17) is 10.3 Å². The Kier molecular flexibility index (Phi) is 4.75. The number of hydrogen-bond acceptors (Lipinski definition) is 5. The van der Waals surface area contributed by atoms with Crippen LogP contribution in [0, 0.1) is 18.8 Å². The van der Waals surface area contributed by atoms with E-state index in [1.54, 1.807) is 25.1 Å². The van der Waals surface area contributed by atoms with Crippen LogP contribution < -0.4 is 10.5 Å². The number of aryl methyl sites for hydroxylation is 1. The van der Waals surface area contributed by atoms with E-state index in [9.17, 15) is 8.42 Å². The second-order valence-corrected chi connectivity index (χ2v) is 6.05. The SMILES string of the molecule is Cc1cc(CNS(=O)(=O)c2ccc(C#CCN)cc2)no1. The van der Waals surface area contributed by atoms with Crippen molar-refractivity contribution in [3.05, 3.63) is 47.3 Å². The maximum absolute atomic E-state index is 12.1. The number of nitrogens with two attached hydrogens (primary N) is 1.